The van der Waals surface area contributed by atoms with Crippen LogP contribution in [0, 0.1) is 18.2 Å². The average Bonchev–Trinajstić information content (AvgIpc) is 2.84. The predicted octanol–water partition coefficient (Wildman–Crippen LogP) is 4.48. The lowest BCUT2D eigenvalue weighted by Gasteiger charge is -2.13. The predicted molar refractivity (Wildman–Crippen MR) is 132 cm³/mol. The van der Waals surface area contributed by atoms with Gasteiger partial charge in [-0.1, -0.05) is 18.2 Å². The van der Waals surface area contributed by atoms with Crippen molar-refractivity contribution in [1.82, 2.24) is 20.7 Å². The van der Waals surface area contributed by atoms with Gasteiger partial charge < -0.3 is 15.4 Å². The molecule has 0 atom stereocenters. The minimum atomic E-state index is -0.280. The molecule has 34 heavy (non-hydrogen) atoms. The Balaban J connectivity index is 1.50. The first-order valence-electron chi connectivity index (χ1n) is 10.6. The number of hydrogen-bond donors (Lipinski definition) is 4. The summed E-state index contributed by atoms with van der Waals surface area (Å²) in [4.78, 5) is 8.74. The van der Waals surface area contributed by atoms with Crippen LogP contribution in [0.1, 0.15) is 16.7 Å². The molecule has 0 bridgehead atoms. The van der Waals surface area contributed by atoms with E-state index >= 15 is 0 Å². The van der Waals surface area contributed by atoms with Crippen LogP contribution in [0.4, 0.5) is 15.9 Å². The lowest BCUT2D eigenvalue weighted by atomic mass is 10.1. The average molecular weight is 458 g/mol. The molecule has 0 unspecified atom stereocenters. The number of guanidine groups is 1. The standard InChI is InChI=1S/C25H24FN7O/c1-16-10-20(7-9-23(16)34-14-18-4-3-5-19(26)11-18)32-24-21-12-17(13-31-33-25(27)28-2)6-8-22(21)29-15-30-24/h3-13,15H,14H2,1-2H3,(H3,27,28,33)(H,29,30,32)/b31-13+. The van der Waals surface area contributed by atoms with Crippen molar-refractivity contribution < 1.29 is 9.13 Å². The molecule has 0 aliphatic rings. The molecule has 0 saturated heterocycles. The van der Waals surface area contributed by atoms with Gasteiger partial charge in [-0.3, -0.25) is 5.41 Å². The highest BCUT2D eigenvalue weighted by molar-refractivity contribution is 5.95. The molecule has 172 valence electrons. The van der Waals surface area contributed by atoms with E-state index in [0.29, 0.717) is 5.82 Å². The van der Waals surface area contributed by atoms with Gasteiger partial charge in [0.2, 0.25) is 5.96 Å². The maximum Gasteiger partial charge on any atom is 0.208 e. The fourth-order valence-corrected chi connectivity index (χ4v) is 3.30. The quantitative estimate of drug-likeness (QED) is 0.185. The van der Waals surface area contributed by atoms with Crippen LogP contribution in [0.15, 0.2) is 72.1 Å². The third-order valence-electron chi connectivity index (χ3n) is 5.02. The maximum atomic E-state index is 13.4. The van der Waals surface area contributed by atoms with Gasteiger partial charge in [0.1, 0.15) is 30.3 Å². The Hall–Kier alpha value is -4.53. The van der Waals surface area contributed by atoms with E-state index in [1.165, 1.54) is 18.5 Å². The van der Waals surface area contributed by atoms with E-state index in [4.69, 9.17) is 10.1 Å². The van der Waals surface area contributed by atoms with Crippen LogP contribution in [-0.4, -0.2) is 29.2 Å². The second-order valence-electron chi connectivity index (χ2n) is 7.52. The zero-order valence-electron chi connectivity index (χ0n) is 18.8. The highest BCUT2D eigenvalue weighted by atomic mass is 19.1. The molecule has 1 aromatic heterocycles. The number of nitrogens with zero attached hydrogens (tertiary/aromatic N) is 3. The zero-order valence-corrected chi connectivity index (χ0v) is 18.8. The molecule has 9 heteroatoms. The molecule has 4 N–H and O–H groups in total. The summed E-state index contributed by atoms with van der Waals surface area (Å²) in [7, 11) is 1.64. The van der Waals surface area contributed by atoms with Gasteiger partial charge in [-0.15, -0.1) is 0 Å². The third kappa shape index (κ3) is 5.63. The molecule has 0 amide bonds. The van der Waals surface area contributed by atoms with E-state index in [9.17, 15) is 4.39 Å². The summed E-state index contributed by atoms with van der Waals surface area (Å²) in [5, 5.41) is 18.4. The van der Waals surface area contributed by atoms with Crippen molar-refractivity contribution >= 4 is 34.6 Å². The van der Waals surface area contributed by atoms with Crippen LogP contribution in [0.2, 0.25) is 0 Å². The number of rotatable bonds is 7. The van der Waals surface area contributed by atoms with Crippen molar-refractivity contribution in [1.29, 1.82) is 5.41 Å². The number of ether oxygens (including phenoxy) is 1. The molecule has 0 aliphatic carbocycles. The Bertz CT molecular complexity index is 1360. The van der Waals surface area contributed by atoms with E-state index in [-0.39, 0.29) is 18.4 Å². The van der Waals surface area contributed by atoms with Gasteiger partial charge >= 0.3 is 0 Å². The fourth-order valence-electron chi connectivity index (χ4n) is 3.30. The largest absolute Gasteiger partial charge is 0.489 e. The van der Waals surface area contributed by atoms with Crippen LogP contribution in [0.3, 0.4) is 0 Å². The first-order chi connectivity index (χ1) is 16.5. The van der Waals surface area contributed by atoms with Crippen molar-refractivity contribution in [2.45, 2.75) is 13.5 Å². The van der Waals surface area contributed by atoms with E-state index in [1.807, 2.05) is 49.4 Å². The number of hydrazone groups is 1. The van der Waals surface area contributed by atoms with Gasteiger partial charge in [0.05, 0.1) is 11.7 Å². The number of nitrogens with one attached hydrogen (secondary N) is 4. The molecule has 0 fully saturated rings. The van der Waals surface area contributed by atoms with Gasteiger partial charge in [0.25, 0.3) is 0 Å². The highest BCUT2D eigenvalue weighted by Gasteiger charge is 2.08. The highest BCUT2D eigenvalue weighted by Crippen LogP contribution is 2.27. The second-order valence-corrected chi connectivity index (χ2v) is 7.52. The molecule has 4 rings (SSSR count). The summed E-state index contributed by atoms with van der Waals surface area (Å²) in [6.45, 7) is 2.24. The Morgan fingerprint density at radius 3 is 2.79 bits per heavy atom. The van der Waals surface area contributed by atoms with E-state index < -0.39 is 0 Å². The molecule has 3 aromatic carbocycles. The Kier molecular flexibility index (Phi) is 6.92. The fraction of sp³-hybridized carbons (Fsp3) is 0.120. The summed E-state index contributed by atoms with van der Waals surface area (Å²) >= 11 is 0. The van der Waals surface area contributed by atoms with Gasteiger partial charge in [-0.25, -0.2) is 19.8 Å². The molecule has 0 spiro atoms. The Morgan fingerprint density at radius 2 is 2.00 bits per heavy atom. The normalized spacial score (nSPS) is 10.9. The number of benzene rings is 3. The molecule has 0 saturated carbocycles. The van der Waals surface area contributed by atoms with Crippen LogP contribution < -0.4 is 20.8 Å². The van der Waals surface area contributed by atoms with Crippen LogP contribution in [0.25, 0.3) is 10.9 Å². The summed E-state index contributed by atoms with van der Waals surface area (Å²) in [5.74, 6) is 1.20. The van der Waals surface area contributed by atoms with Crippen molar-refractivity contribution in [3.63, 3.8) is 0 Å². The van der Waals surface area contributed by atoms with Crippen LogP contribution in [-0.2, 0) is 6.61 Å². The van der Waals surface area contributed by atoms with Crippen molar-refractivity contribution in [3.8, 4) is 5.75 Å². The van der Waals surface area contributed by atoms with Crippen molar-refractivity contribution in [2.75, 3.05) is 12.4 Å². The summed E-state index contributed by atoms with van der Waals surface area (Å²) in [6.07, 6.45) is 3.13. The SMILES string of the molecule is CNC(=N)N/N=C/c1ccc2ncnc(Nc3ccc(OCc4cccc(F)c4)c(C)c3)c2c1. The smallest absolute Gasteiger partial charge is 0.208 e. The Morgan fingerprint density at radius 1 is 1.12 bits per heavy atom. The number of aryl methyl sites for hydroxylation is 1. The zero-order chi connectivity index (χ0) is 23.9. The lowest BCUT2D eigenvalue weighted by Crippen LogP contribution is -2.29. The van der Waals surface area contributed by atoms with E-state index in [0.717, 1.165) is 39.0 Å². The van der Waals surface area contributed by atoms with Gasteiger partial charge in [-0.2, -0.15) is 5.10 Å². The number of fused-ring (bicyclic) bond motifs is 1. The van der Waals surface area contributed by atoms with Crippen molar-refractivity contribution in [2.24, 2.45) is 5.10 Å². The molecule has 0 radical (unpaired) electrons. The Labute approximate surface area is 196 Å². The first-order valence-corrected chi connectivity index (χ1v) is 10.6. The van der Waals surface area contributed by atoms with Gasteiger partial charge in [0, 0.05) is 18.1 Å². The molecule has 1 heterocycles. The van der Waals surface area contributed by atoms with E-state index in [1.54, 1.807) is 19.3 Å². The van der Waals surface area contributed by atoms with Crippen LogP contribution in [0.5, 0.6) is 5.75 Å². The van der Waals surface area contributed by atoms with Gasteiger partial charge in [-0.05, 0) is 66.1 Å². The molecular weight excluding hydrogens is 433 g/mol. The number of anilines is 2. The van der Waals surface area contributed by atoms with Gasteiger partial charge in [0.15, 0.2) is 0 Å². The monoisotopic (exact) mass is 457 g/mol. The molecule has 8 nitrogen and oxygen atoms in total. The minimum Gasteiger partial charge on any atom is -0.489 e. The summed E-state index contributed by atoms with van der Waals surface area (Å²) in [5.41, 5.74) is 6.76. The van der Waals surface area contributed by atoms with Crippen LogP contribution >= 0.6 is 0 Å². The maximum absolute atomic E-state index is 13.4. The molecule has 4 aromatic rings. The molecule has 0 aliphatic heterocycles. The summed E-state index contributed by atoms with van der Waals surface area (Å²) in [6, 6.07) is 17.8. The van der Waals surface area contributed by atoms with Crippen molar-refractivity contribution in [3.05, 3.63) is 89.5 Å². The first kappa shape index (κ1) is 22.7. The number of halogens is 1. The number of aromatic nitrogens is 2. The number of hydrogen-bond acceptors (Lipinski definition) is 6. The summed E-state index contributed by atoms with van der Waals surface area (Å²) < 4.78 is 19.3. The second kappa shape index (κ2) is 10.4. The topological polar surface area (TPSA) is 107 Å². The van der Waals surface area contributed by atoms with E-state index in [2.05, 4.69) is 31.1 Å². The molecular formula is C25H24FN7O. The third-order valence-corrected chi connectivity index (χ3v) is 5.02. The minimum absolute atomic E-state index is 0.0986. The lowest BCUT2D eigenvalue weighted by molar-refractivity contribution is 0.303.